The Balaban J connectivity index is 1.38. The third-order valence-electron chi connectivity index (χ3n) is 5.65. The summed E-state index contributed by atoms with van der Waals surface area (Å²) in [6.07, 6.45) is 0.785. The molecule has 1 fully saturated rings. The molecule has 0 radical (unpaired) electrons. The second kappa shape index (κ2) is 10.2. The van der Waals surface area contributed by atoms with Crippen molar-refractivity contribution in [2.24, 2.45) is 0 Å². The SMILES string of the molecule is COc1cccc(CN2CCN(Cc3nc(-c4ccccc4)cs3)C[C@H]2CCO)c1. The van der Waals surface area contributed by atoms with Crippen LogP contribution in [0.25, 0.3) is 11.3 Å². The number of methoxy groups -OCH3 is 1. The number of ether oxygens (including phenoxy) is 1. The van der Waals surface area contributed by atoms with E-state index in [1.54, 1.807) is 18.4 Å². The minimum Gasteiger partial charge on any atom is -0.497 e. The molecule has 1 atom stereocenters. The molecule has 0 bridgehead atoms. The average molecular weight is 424 g/mol. The van der Waals surface area contributed by atoms with Crippen molar-refractivity contribution < 1.29 is 9.84 Å². The highest BCUT2D eigenvalue weighted by atomic mass is 32.1. The van der Waals surface area contributed by atoms with Crippen LogP contribution >= 0.6 is 11.3 Å². The van der Waals surface area contributed by atoms with E-state index in [0.29, 0.717) is 6.04 Å². The molecule has 4 rings (SSSR count). The molecular weight excluding hydrogens is 394 g/mol. The molecule has 5 nitrogen and oxygen atoms in total. The summed E-state index contributed by atoms with van der Waals surface area (Å²) < 4.78 is 5.36. The number of rotatable bonds is 8. The topological polar surface area (TPSA) is 48.8 Å². The predicted octanol–water partition coefficient (Wildman–Crippen LogP) is 3.89. The van der Waals surface area contributed by atoms with Crippen molar-refractivity contribution in [3.05, 3.63) is 70.5 Å². The summed E-state index contributed by atoms with van der Waals surface area (Å²) in [4.78, 5) is 9.80. The number of aliphatic hydroxyl groups excluding tert-OH is 1. The van der Waals surface area contributed by atoms with Gasteiger partial charge in [-0.2, -0.15) is 0 Å². The zero-order chi connectivity index (χ0) is 20.8. The van der Waals surface area contributed by atoms with E-state index in [0.717, 1.165) is 55.6 Å². The lowest BCUT2D eigenvalue weighted by Crippen LogP contribution is -2.52. The molecule has 6 heteroatoms. The molecule has 1 N–H and O–H groups in total. The molecule has 0 saturated carbocycles. The van der Waals surface area contributed by atoms with Gasteiger partial charge >= 0.3 is 0 Å². The van der Waals surface area contributed by atoms with Gasteiger partial charge in [-0.15, -0.1) is 11.3 Å². The maximum Gasteiger partial charge on any atom is 0.119 e. The van der Waals surface area contributed by atoms with Crippen molar-refractivity contribution in [3.63, 3.8) is 0 Å². The largest absolute Gasteiger partial charge is 0.497 e. The molecule has 2 heterocycles. The van der Waals surface area contributed by atoms with Crippen molar-refractivity contribution in [2.45, 2.75) is 25.6 Å². The summed E-state index contributed by atoms with van der Waals surface area (Å²) in [5.74, 6) is 0.892. The molecule has 2 aromatic carbocycles. The van der Waals surface area contributed by atoms with Gasteiger partial charge in [-0.3, -0.25) is 9.80 Å². The van der Waals surface area contributed by atoms with Crippen LogP contribution in [0.4, 0.5) is 0 Å². The van der Waals surface area contributed by atoms with Gasteiger partial charge in [0.15, 0.2) is 0 Å². The van der Waals surface area contributed by atoms with E-state index in [1.807, 2.05) is 18.2 Å². The van der Waals surface area contributed by atoms with Gasteiger partial charge in [0.05, 0.1) is 19.3 Å². The van der Waals surface area contributed by atoms with Crippen LogP contribution in [0.15, 0.2) is 60.0 Å². The fourth-order valence-corrected chi connectivity index (χ4v) is 4.90. The Hall–Kier alpha value is -2.25. The summed E-state index contributed by atoms with van der Waals surface area (Å²) >= 11 is 1.73. The maximum atomic E-state index is 9.61. The van der Waals surface area contributed by atoms with Crippen LogP contribution in [0.1, 0.15) is 17.0 Å². The van der Waals surface area contributed by atoms with Gasteiger partial charge in [-0.05, 0) is 24.1 Å². The first-order chi connectivity index (χ1) is 14.7. The first-order valence-electron chi connectivity index (χ1n) is 10.4. The van der Waals surface area contributed by atoms with Crippen LogP contribution in [-0.4, -0.2) is 59.3 Å². The maximum absolute atomic E-state index is 9.61. The zero-order valence-corrected chi connectivity index (χ0v) is 18.2. The standard InChI is InChI=1S/C24H29N3O2S/c1-29-22-9-5-6-19(14-22)15-27-12-11-26(16-21(27)10-13-28)17-24-25-23(18-30-24)20-7-3-2-4-8-20/h2-9,14,18,21,28H,10-13,15-17H2,1H3/t21-/m1/s1. The summed E-state index contributed by atoms with van der Waals surface area (Å²) in [7, 11) is 1.70. The predicted molar refractivity (Wildman–Crippen MR) is 122 cm³/mol. The molecule has 1 aromatic heterocycles. The Morgan fingerprint density at radius 2 is 1.97 bits per heavy atom. The number of aliphatic hydroxyl groups is 1. The molecule has 1 saturated heterocycles. The quantitative estimate of drug-likeness (QED) is 0.596. The van der Waals surface area contributed by atoms with Crippen molar-refractivity contribution >= 4 is 11.3 Å². The second-order valence-corrected chi connectivity index (χ2v) is 8.66. The molecule has 0 amide bonds. The van der Waals surface area contributed by atoms with Gasteiger partial charge in [-0.25, -0.2) is 4.98 Å². The van der Waals surface area contributed by atoms with E-state index in [4.69, 9.17) is 9.72 Å². The van der Waals surface area contributed by atoms with E-state index < -0.39 is 0 Å². The van der Waals surface area contributed by atoms with Gasteiger partial charge in [0, 0.05) is 49.8 Å². The van der Waals surface area contributed by atoms with E-state index in [-0.39, 0.29) is 6.61 Å². The van der Waals surface area contributed by atoms with Gasteiger partial charge < -0.3 is 9.84 Å². The molecule has 0 spiro atoms. The minimum atomic E-state index is 0.211. The normalized spacial score (nSPS) is 17.9. The Kier molecular flexibility index (Phi) is 7.12. The summed E-state index contributed by atoms with van der Waals surface area (Å²) in [5, 5.41) is 12.9. The smallest absolute Gasteiger partial charge is 0.119 e. The van der Waals surface area contributed by atoms with E-state index >= 15 is 0 Å². The zero-order valence-electron chi connectivity index (χ0n) is 17.4. The lowest BCUT2D eigenvalue weighted by Gasteiger charge is -2.41. The number of aromatic nitrogens is 1. The minimum absolute atomic E-state index is 0.211. The molecule has 3 aromatic rings. The third-order valence-corrected chi connectivity index (χ3v) is 6.48. The molecule has 158 valence electrons. The molecule has 1 aliphatic rings. The first kappa shape index (κ1) is 21.0. The number of thiazole rings is 1. The Morgan fingerprint density at radius 1 is 1.10 bits per heavy atom. The Morgan fingerprint density at radius 3 is 2.77 bits per heavy atom. The molecule has 30 heavy (non-hydrogen) atoms. The number of hydrogen-bond donors (Lipinski definition) is 1. The fraction of sp³-hybridized carbons (Fsp3) is 0.375. The molecular formula is C24H29N3O2S. The second-order valence-electron chi connectivity index (χ2n) is 7.72. The van der Waals surface area contributed by atoms with E-state index in [9.17, 15) is 5.11 Å². The van der Waals surface area contributed by atoms with Crippen molar-refractivity contribution in [3.8, 4) is 17.0 Å². The van der Waals surface area contributed by atoms with Gasteiger partial charge in [0.25, 0.3) is 0 Å². The van der Waals surface area contributed by atoms with Gasteiger partial charge in [0.1, 0.15) is 10.8 Å². The average Bonchev–Trinajstić information content (AvgIpc) is 3.25. The molecule has 0 aliphatic carbocycles. The lowest BCUT2D eigenvalue weighted by molar-refractivity contribution is 0.0499. The number of benzene rings is 2. The van der Waals surface area contributed by atoms with Crippen molar-refractivity contribution in [1.82, 2.24) is 14.8 Å². The van der Waals surface area contributed by atoms with E-state index in [2.05, 4.69) is 51.6 Å². The van der Waals surface area contributed by atoms with E-state index in [1.165, 1.54) is 11.1 Å². The van der Waals surface area contributed by atoms with Crippen LogP contribution in [0.5, 0.6) is 5.75 Å². The number of hydrogen-bond acceptors (Lipinski definition) is 6. The highest BCUT2D eigenvalue weighted by Gasteiger charge is 2.27. The third kappa shape index (κ3) is 5.26. The first-order valence-corrected chi connectivity index (χ1v) is 11.3. The Bertz CT molecular complexity index is 931. The molecule has 0 unspecified atom stereocenters. The van der Waals surface area contributed by atoms with Crippen LogP contribution in [0.2, 0.25) is 0 Å². The summed E-state index contributed by atoms with van der Waals surface area (Å²) in [6, 6.07) is 18.9. The van der Waals surface area contributed by atoms with Crippen LogP contribution < -0.4 is 4.74 Å². The van der Waals surface area contributed by atoms with Gasteiger partial charge in [-0.1, -0.05) is 42.5 Å². The lowest BCUT2D eigenvalue weighted by atomic mass is 10.1. The van der Waals surface area contributed by atoms with Crippen LogP contribution in [0.3, 0.4) is 0 Å². The van der Waals surface area contributed by atoms with Crippen molar-refractivity contribution in [1.29, 1.82) is 0 Å². The molecule has 1 aliphatic heterocycles. The number of piperazine rings is 1. The van der Waals surface area contributed by atoms with Crippen LogP contribution in [-0.2, 0) is 13.1 Å². The van der Waals surface area contributed by atoms with Crippen molar-refractivity contribution in [2.75, 3.05) is 33.4 Å². The monoisotopic (exact) mass is 423 g/mol. The summed E-state index contributed by atoms with van der Waals surface area (Å²) in [6.45, 7) is 4.90. The Labute approximate surface area is 182 Å². The fourth-order valence-electron chi connectivity index (χ4n) is 4.05. The highest BCUT2D eigenvalue weighted by molar-refractivity contribution is 7.09. The van der Waals surface area contributed by atoms with Gasteiger partial charge in [0.2, 0.25) is 0 Å². The number of nitrogens with zero attached hydrogens (tertiary/aromatic N) is 3. The van der Waals surface area contributed by atoms with Crippen LogP contribution in [0, 0.1) is 0 Å². The summed E-state index contributed by atoms with van der Waals surface area (Å²) in [5.41, 5.74) is 3.47. The highest BCUT2D eigenvalue weighted by Crippen LogP contribution is 2.24.